The van der Waals surface area contributed by atoms with Crippen LogP contribution in [0.5, 0.6) is 0 Å². The fourth-order valence-corrected chi connectivity index (χ4v) is 5.79. The molecule has 2 aromatic rings. The van der Waals surface area contributed by atoms with E-state index in [0.717, 1.165) is 30.1 Å². The second-order valence-corrected chi connectivity index (χ2v) is 11.8. The van der Waals surface area contributed by atoms with Gasteiger partial charge in [-0.25, -0.2) is 14.3 Å². The molecular weight excluding hydrogens is 559 g/mol. The summed E-state index contributed by atoms with van der Waals surface area (Å²) in [5.74, 6) is 2.02. The molecule has 1 aliphatic heterocycles. The third kappa shape index (κ3) is 9.33. The van der Waals surface area contributed by atoms with Gasteiger partial charge in [-0.15, -0.1) is 0 Å². The number of halogens is 1. The molecule has 3 fully saturated rings. The van der Waals surface area contributed by atoms with Crippen molar-refractivity contribution >= 4 is 18.2 Å². The quantitative estimate of drug-likeness (QED) is 0.0678. The van der Waals surface area contributed by atoms with Crippen molar-refractivity contribution < 1.29 is 24.0 Å². The minimum absolute atomic E-state index is 0.0179. The van der Waals surface area contributed by atoms with Crippen LogP contribution in [0.3, 0.4) is 0 Å². The Morgan fingerprint density at radius 2 is 1.93 bits per heavy atom. The van der Waals surface area contributed by atoms with Crippen molar-refractivity contribution in [2.24, 2.45) is 27.2 Å². The van der Waals surface area contributed by atoms with Crippen LogP contribution in [-0.2, 0) is 27.6 Å². The molecule has 0 bridgehead atoms. The molecule has 2 aromatic carbocycles. The molecule has 8 nitrogen and oxygen atoms in total. The van der Waals surface area contributed by atoms with Crippen molar-refractivity contribution in [2.75, 3.05) is 19.0 Å². The molecule has 0 amide bonds. The zero-order valence-corrected chi connectivity index (χ0v) is 25.7. The van der Waals surface area contributed by atoms with Gasteiger partial charge in [0, 0.05) is 30.8 Å². The maximum atomic E-state index is 14.1. The summed E-state index contributed by atoms with van der Waals surface area (Å²) in [6, 6.07) is 14.0. The van der Waals surface area contributed by atoms with Gasteiger partial charge in [0.25, 0.3) is 0 Å². The van der Waals surface area contributed by atoms with Crippen molar-refractivity contribution in [1.82, 2.24) is 0 Å². The maximum absolute atomic E-state index is 14.1. The van der Waals surface area contributed by atoms with Crippen LogP contribution in [0, 0.1) is 34.4 Å². The van der Waals surface area contributed by atoms with E-state index >= 15 is 0 Å². The van der Waals surface area contributed by atoms with E-state index in [-0.39, 0.29) is 18.8 Å². The van der Waals surface area contributed by atoms with Gasteiger partial charge >= 0.3 is 0 Å². The highest BCUT2D eigenvalue weighted by Gasteiger charge is 2.57. The van der Waals surface area contributed by atoms with Crippen molar-refractivity contribution in [3.05, 3.63) is 89.1 Å². The summed E-state index contributed by atoms with van der Waals surface area (Å²) in [6.45, 7) is 6.80. The number of nitrogens with zero attached hydrogens (tertiary/aromatic N) is 3. The number of rotatable bonds is 11. The third-order valence-electron chi connectivity index (χ3n) is 8.80. The smallest absolute Gasteiger partial charge is 0.212 e. The van der Waals surface area contributed by atoms with Crippen LogP contribution in [-0.4, -0.2) is 37.6 Å². The topological polar surface area (TPSA) is 108 Å². The molecule has 9 heteroatoms. The lowest BCUT2D eigenvalue weighted by atomic mass is 9.77. The lowest BCUT2D eigenvalue weighted by Gasteiger charge is -2.29. The van der Waals surface area contributed by atoms with E-state index in [1.54, 1.807) is 18.2 Å². The first-order chi connectivity index (χ1) is 21.4. The van der Waals surface area contributed by atoms with Gasteiger partial charge in [0.15, 0.2) is 0 Å². The Hall–Kier alpha value is -3.84. The highest BCUT2D eigenvalue weighted by Crippen LogP contribution is 2.62. The predicted molar refractivity (Wildman–Crippen MR) is 171 cm³/mol. The molecule has 0 aromatic heterocycles. The number of hydrogen-bond acceptors (Lipinski definition) is 7. The second kappa shape index (κ2) is 16.3. The Balaban J connectivity index is 0.000000802. The van der Waals surface area contributed by atoms with Crippen molar-refractivity contribution in [2.45, 2.75) is 71.2 Å². The van der Waals surface area contributed by atoms with E-state index < -0.39 is 5.82 Å². The highest BCUT2D eigenvalue weighted by atomic mass is 19.1. The number of aliphatic imine (C=N–C) groups is 2. The fourth-order valence-electron chi connectivity index (χ4n) is 5.79. The summed E-state index contributed by atoms with van der Waals surface area (Å²) in [6.07, 6.45) is 14.6. The first kappa shape index (κ1) is 33.1. The number of nitrogens with one attached hydrogen (secondary N) is 1. The van der Waals surface area contributed by atoms with Crippen LogP contribution >= 0.6 is 0 Å². The largest absolute Gasteiger partial charge is 0.473 e. The standard InChI is InChI=1S/C31H35FN4O3.C4H8O/c1-34-29(38-21-25-10-7-24(19-33)17-28(25)32)6-4-3-5-22-13-15-31(16-14-22)18-27(31)30(35-2)36-26-11-8-23(9-12-26)20-39-37;1-4-2-3-5-4/h3-4,6-12,17,22,27,37H,1,5,13-16,18,20-21H2,2H3,(H,35,36);4H,2-3H2,1H3/b4-3-,29-6+;/t;4-/m.1/s1. The van der Waals surface area contributed by atoms with Gasteiger partial charge in [0.2, 0.25) is 5.88 Å². The number of allylic oxidation sites excluding steroid dienone is 3. The van der Waals surface area contributed by atoms with Gasteiger partial charge < -0.3 is 14.8 Å². The Kier molecular flexibility index (Phi) is 12.2. The molecule has 1 spiro atoms. The lowest BCUT2D eigenvalue weighted by Crippen LogP contribution is -2.23. The Labute approximate surface area is 259 Å². The zero-order valence-electron chi connectivity index (χ0n) is 25.7. The SMILES string of the molecule is C=N/C(=C\C=C/CC1CCC2(CC1)CC2C(=NC)Nc1ccc(COO)cc1)OCc1ccc(C#N)cc1F.C[C@@H]1CCO1. The summed E-state index contributed by atoms with van der Waals surface area (Å²) in [5, 5.41) is 21.0. The van der Waals surface area contributed by atoms with E-state index in [4.69, 9.17) is 20.0 Å². The Bertz CT molecular complexity index is 1370. The molecule has 1 heterocycles. The highest BCUT2D eigenvalue weighted by molar-refractivity contribution is 5.99. The summed E-state index contributed by atoms with van der Waals surface area (Å²) in [4.78, 5) is 12.7. The molecule has 2 saturated carbocycles. The molecule has 0 radical (unpaired) electrons. The van der Waals surface area contributed by atoms with Crippen LogP contribution in [0.4, 0.5) is 10.1 Å². The van der Waals surface area contributed by atoms with E-state index in [2.05, 4.69) is 39.9 Å². The monoisotopic (exact) mass is 602 g/mol. The summed E-state index contributed by atoms with van der Waals surface area (Å²) in [5.41, 5.74) is 2.90. The molecule has 2 N–H and O–H groups in total. The number of ether oxygens (including phenoxy) is 2. The summed E-state index contributed by atoms with van der Waals surface area (Å²) >= 11 is 0. The van der Waals surface area contributed by atoms with Crippen LogP contribution in [0.1, 0.15) is 68.6 Å². The van der Waals surface area contributed by atoms with Gasteiger partial charge in [0.05, 0.1) is 17.7 Å². The number of benzene rings is 2. The maximum Gasteiger partial charge on any atom is 0.212 e. The molecule has 2 atom stereocenters. The van der Waals surface area contributed by atoms with E-state index in [1.165, 1.54) is 44.6 Å². The molecule has 3 aliphatic rings. The zero-order chi connectivity index (χ0) is 31.4. The normalized spacial score (nSPS) is 24.6. The predicted octanol–water partition coefficient (Wildman–Crippen LogP) is 7.82. The van der Waals surface area contributed by atoms with Crippen LogP contribution in [0.15, 0.2) is 76.6 Å². The first-order valence-electron chi connectivity index (χ1n) is 15.2. The number of amidine groups is 1. The average Bonchev–Trinajstić information content (AvgIpc) is 3.73. The lowest BCUT2D eigenvalue weighted by molar-refractivity contribution is -0.253. The minimum atomic E-state index is -0.475. The fraction of sp³-hybridized carbons (Fsp3) is 0.457. The molecule has 234 valence electrons. The van der Waals surface area contributed by atoms with Crippen molar-refractivity contribution in [3.63, 3.8) is 0 Å². The molecule has 1 unspecified atom stereocenters. The number of nitriles is 1. The molecule has 2 aliphatic carbocycles. The van der Waals surface area contributed by atoms with Crippen LogP contribution in [0.2, 0.25) is 0 Å². The Morgan fingerprint density at radius 3 is 2.50 bits per heavy atom. The van der Waals surface area contributed by atoms with Gasteiger partial charge in [-0.05, 0) is 106 Å². The number of anilines is 1. The minimum Gasteiger partial charge on any atom is -0.473 e. The summed E-state index contributed by atoms with van der Waals surface area (Å²) < 4.78 is 24.6. The third-order valence-corrected chi connectivity index (χ3v) is 8.80. The first-order valence-corrected chi connectivity index (χ1v) is 15.2. The number of hydrogen-bond donors (Lipinski definition) is 2. The van der Waals surface area contributed by atoms with Crippen LogP contribution in [0.25, 0.3) is 0 Å². The summed E-state index contributed by atoms with van der Waals surface area (Å²) in [7, 11) is 1.85. The van der Waals surface area contributed by atoms with Gasteiger partial charge in [0.1, 0.15) is 24.9 Å². The van der Waals surface area contributed by atoms with Gasteiger partial charge in [-0.2, -0.15) is 5.26 Å². The van der Waals surface area contributed by atoms with Crippen molar-refractivity contribution in [1.29, 1.82) is 5.26 Å². The van der Waals surface area contributed by atoms with E-state index in [1.807, 2.05) is 43.5 Å². The van der Waals surface area contributed by atoms with Crippen LogP contribution < -0.4 is 5.32 Å². The van der Waals surface area contributed by atoms with E-state index in [9.17, 15) is 4.39 Å². The average molecular weight is 603 g/mol. The molecular formula is C35H43FN4O4. The molecule has 1 saturated heterocycles. The van der Waals surface area contributed by atoms with Crippen molar-refractivity contribution in [3.8, 4) is 6.07 Å². The molecule has 5 rings (SSSR count). The van der Waals surface area contributed by atoms with Gasteiger partial charge in [-0.1, -0.05) is 30.4 Å². The molecule has 44 heavy (non-hydrogen) atoms. The Morgan fingerprint density at radius 1 is 1.20 bits per heavy atom. The van der Waals surface area contributed by atoms with E-state index in [0.29, 0.717) is 34.8 Å². The second-order valence-electron chi connectivity index (χ2n) is 11.8. The van der Waals surface area contributed by atoms with Gasteiger partial charge in [-0.3, -0.25) is 10.2 Å².